The largest absolute Gasteiger partial charge is 0.352 e. The highest BCUT2D eigenvalue weighted by atomic mass is 19.1. The van der Waals surface area contributed by atoms with E-state index in [1.54, 1.807) is 31.3 Å². The third kappa shape index (κ3) is 5.88. The summed E-state index contributed by atoms with van der Waals surface area (Å²) < 4.78 is 13.3. The summed E-state index contributed by atoms with van der Waals surface area (Å²) in [6.07, 6.45) is 0.553. The van der Waals surface area contributed by atoms with Crippen LogP contribution in [0, 0.1) is 5.82 Å². The van der Waals surface area contributed by atoms with E-state index in [0.29, 0.717) is 12.1 Å². The van der Waals surface area contributed by atoms with Crippen molar-refractivity contribution in [3.05, 3.63) is 65.5 Å². The van der Waals surface area contributed by atoms with Crippen LogP contribution in [0.3, 0.4) is 0 Å². The number of urea groups is 1. The fourth-order valence-corrected chi connectivity index (χ4v) is 3.17. The van der Waals surface area contributed by atoms with Crippen molar-refractivity contribution in [1.82, 2.24) is 15.1 Å². The van der Waals surface area contributed by atoms with Gasteiger partial charge in [0.1, 0.15) is 12.4 Å². The summed E-state index contributed by atoms with van der Waals surface area (Å²) in [5.74, 6) is -1.39. The van der Waals surface area contributed by atoms with Crippen LogP contribution in [0.5, 0.6) is 0 Å². The van der Waals surface area contributed by atoms with Crippen molar-refractivity contribution in [3.8, 4) is 0 Å². The molecule has 1 heterocycles. The van der Waals surface area contributed by atoms with Gasteiger partial charge in [-0.25, -0.2) is 9.18 Å². The molecule has 2 aromatic rings. The van der Waals surface area contributed by atoms with Crippen molar-refractivity contribution >= 4 is 29.4 Å². The Morgan fingerprint density at radius 3 is 2.58 bits per heavy atom. The number of nitrogens with one attached hydrogen (secondary N) is 2. The summed E-state index contributed by atoms with van der Waals surface area (Å²) in [4.78, 5) is 50.3. The molecule has 162 valence electrons. The van der Waals surface area contributed by atoms with Gasteiger partial charge in [0.15, 0.2) is 0 Å². The third-order valence-electron chi connectivity index (χ3n) is 4.78. The van der Waals surface area contributed by atoms with E-state index in [9.17, 15) is 23.6 Å². The molecule has 0 atom stereocenters. The van der Waals surface area contributed by atoms with Gasteiger partial charge in [-0.1, -0.05) is 18.2 Å². The first-order valence-corrected chi connectivity index (χ1v) is 9.81. The Morgan fingerprint density at radius 1 is 1.10 bits per heavy atom. The molecule has 3 rings (SSSR count). The summed E-state index contributed by atoms with van der Waals surface area (Å²) in [5, 5.41) is 5.47. The van der Waals surface area contributed by atoms with Gasteiger partial charge in [-0.2, -0.15) is 0 Å². The minimum absolute atomic E-state index is 0.0666. The molecule has 1 saturated heterocycles. The van der Waals surface area contributed by atoms with Gasteiger partial charge in [-0.05, 0) is 42.3 Å². The van der Waals surface area contributed by atoms with Crippen LogP contribution in [-0.4, -0.2) is 53.7 Å². The summed E-state index contributed by atoms with van der Waals surface area (Å²) in [6.45, 7) is 0.529. The normalized spacial score (nSPS) is 13.5. The molecule has 0 saturated carbocycles. The van der Waals surface area contributed by atoms with Crippen LogP contribution in [-0.2, 0) is 16.1 Å². The van der Waals surface area contributed by atoms with Crippen molar-refractivity contribution in [1.29, 1.82) is 0 Å². The van der Waals surface area contributed by atoms with E-state index < -0.39 is 11.7 Å². The number of likely N-dealkylation sites (N-methyl/N-ethyl adjacent to an activating group) is 1. The Balaban J connectivity index is 1.45. The molecule has 1 aliphatic rings. The molecular formula is C22H23FN4O4. The third-order valence-corrected chi connectivity index (χ3v) is 4.78. The van der Waals surface area contributed by atoms with Gasteiger partial charge in [0.2, 0.25) is 11.8 Å². The highest BCUT2D eigenvalue weighted by molar-refractivity contribution is 6.04. The van der Waals surface area contributed by atoms with Crippen LogP contribution in [0.1, 0.15) is 28.8 Å². The first kappa shape index (κ1) is 21.9. The molecular weight excluding hydrogens is 403 g/mol. The average molecular weight is 426 g/mol. The zero-order valence-corrected chi connectivity index (χ0v) is 17.1. The Bertz CT molecular complexity index is 1010. The maximum absolute atomic E-state index is 13.3. The maximum Gasteiger partial charge on any atom is 0.326 e. The van der Waals surface area contributed by atoms with Crippen LogP contribution in [0.25, 0.3) is 0 Å². The number of rotatable bonds is 8. The Morgan fingerprint density at radius 2 is 1.87 bits per heavy atom. The van der Waals surface area contributed by atoms with Crippen molar-refractivity contribution in [3.63, 3.8) is 0 Å². The van der Waals surface area contributed by atoms with E-state index in [0.717, 1.165) is 16.5 Å². The SMILES string of the molecule is CN1CC(=O)N(CCCC(=O)NCc2cccc(NC(=O)c3cccc(F)c3)c2)C1=O. The van der Waals surface area contributed by atoms with Gasteiger partial charge >= 0.3 is 6.03 Å². The smallest absolute Gasteiger partial charge is 0.326 e. The van der Waals surface area contributed by atoms with Crippen LogP contribution in [0.15, 0.2) is 48.5 Å². The lowest BCUT2D eigenvalue weighted by atomic mass is 10.1. The summed E-state index contributed by atoms with van der Waals surface area (Å²) >= 11 is 0. The second-order valence-electron chi connectivity index (χ2n) is 7.23. The van der Waals surface area contributed by atoms with E-state index in [1.807, 2.05) is 0 Å². The fraction of sp³-hybridized carbons (Fsp3) is 0.273. The molecule has 1 aliphatic heterocycles. The van der Waals surface area contributed by atoms with Crippen molar-refractivity contribution < 1.29 is 23.6 Å². The maximum atomic E-state index is 13.3. The molecule has 8 nitrogen and oxygen atoms in total. The van der Waals surface area contributed by atoms with Gasteiger partial charge < -0.3 is 15.5 Å². The van der Waals surface area contributed by atoms with Crippen molar-refractivity contribution in [2.24, 2.45) is 0 Å². The molecule has 5 amide bonds. The molecule has 0 aliphatic carbocycles. The number of carbonyl (C=O) groups excluding carboxylic acids is 4. The Hall–Kier alpha value is -3.75. The second kappa shape index (κ2) is 9.84. The molecule has 0 spiro atoms. The number of imide groups is 1. The van der Waals surface area contributed by atoms with Gasteiger partial charge in [-0.3, -0.25) is 19.3 Å². The number of halogens is 1. The number of benzene rings is 2. The summed E-state index contributed by atoms with van der Waals surface area (Å²) in [6, 6.07) is 12.0. The highest BCUT2D eigenvalue weighted by Gasteiger charge is 2.32. The summed E-state index contributed by atoms with van der Waals surface area (Å²) in [7, 11) is 1.56. The number of amides is 5. The van der Waals surface area contributed by atoms with Crippen molar-refractivity contribution in [2.45, 2.75) is 19.4 Å². The number of carbonyl (C=O) groups is 4. The number of hydrogen-bond donors (Lipinski definition) is 2. The first-order valence-electron chi connectivity index (χ1n) is 9.81. The molecule has 1 fully saturated rings. The fourth-order valence-electron chi connectivity index (χ4n) is 3.17. The minimum atomic E-state index is -0.491. The summed E-state index contributed by atoms with van der Waals surface area (Å²) in [5.41, 5.74) is 1.51. The molecule has 31 heavy (non-hydrogen) atoms. The van der Waals surface area contributed by atoms with Gasteiger partial charge in [0, 0.05) is 37.8 Å². The predicted octanol–water partition coefficient (Wildman–Crippen LogP) is 2.37. The van der Waals surface area contributed by atoms with E-state index in [1.165, 1.54) is 23.1 Å². The lowest BCUT2D eigenvalue weighted by molar-refractivity contribution is -0.126. The Kier molecular flexibility index (Phi) is 6.96. The minimum Gasteiger partial charge on any atom is -0.352 e. The van der Waals surface area contributed by atoms with Crippen LogP contribution in [0.4, 0.5) is 14.9 Å². The molecule has 2 N–H and O–H groups in total. The molecule has 0 bridgehead atoms. The van der Waals surface area contributed by atoms with Crippen LogP contribution >= 0.6 is 0 Å². The van der Waals surface area contributed by atoms with Gasteiger partial charge in [-0.15, -0.1) is 0 Å². The van der Waals surface area contributed by atoms with Crippen LogP contribution in [0.2, 0.25) is 0 Å². The van der Waals surface area contributed by atoms with Crippen molar-refractivity contribution in [2.75, 3.05) is 25.5 Å². The Labute approximate surface area is 179 Å². The van der Waals surface area contributed by atoms with E-state index >= 15 is 0 Å². The number of anilines is 1. The quantitative estimate of drug-likeness (QED) is 0.633. The van der Waals surface area contributed by atoms with E-state index in [2.05, 4.69) is 10.6 Å². The van der Waals surface area contributed by atoms with Crippen LogP contribution < -0.4 is 10.6 Å². The molecule has 0 aromatic heterocycles. The lowest BCUT2D eigenvalue weighted by Gasteiger charge is -2.13. The molecule has 2 aromatic carbocycles. The molecule has 0 radical (unpaired) electrons. The zero-order valence-electron chi connectivity index (χ0n) is 17.1. The van der Waals surface area contributed by atoms with Gasteiger partial charge in [0.25, 0.3) is 5.91 Å². The predicted molar refractivity (Wildman–Crippen MR) is 112 cm³/mol. The van der Waals surface area contributed by atoms with Gasteiger partial charge in [0.05, 0.1) is 0 Å². The number of hydrogen-bond acceptors (Lipinski definition) is 4. The standard InChI is InChI=1S/C22H23FN4O4/c1-26-14-20(29)27(22(26)31)10-4-9-19(28)24-13-15-5-2-8-18(11-15)25-21(30)16-6-3-7-17(23)12-16/h2-3,5-8,11-12H,4,9-10,13-14H2,1H3,(H,24,28)(H,25,30). The van der Waals surface area contributed by atoms with E-state index in [-0.39, 0.29) is 49.5 Å². The molecule has 9 heteroatoms. The monoisotopic (exact) mass is 426 g/mol. The second-order valence-corrected chi connectivity index (χ2v) is 7.23. The van der Waals surface area contributed by atoms with E-state index in [4.69, 9.17) is 0 Å². The topological polar surface area (TPSA) is 98.8 Å². The number of nitrogens with zero attached hydrogens (tertiary/aromatic N) is 2. The zero-order chi connectivity index (χ0) is 22.4. The highest BCUT2D eigenvalue weighted by Crippen LogP contribution is 2.13. The first-order chi connectivity index (χ1) is 14.8. The molecule has 0 unspecified atom stereocenters. The average Bonchev–Trinajstić information content (AvgIpc) is 2.98. The lowest BCUT2D eigenvalue weighted by Crippen LogP contribution is -2.33.